The van der Waals surface area contributed by atoms with Gasteiger partial charge in [-0.05, 0) is 42.1 Å². The van der Waals surface area contributed by atoms with E-state index < -0.39 is 6.17 Å². The van der Waals surface area contributed by atoms with Crippen LogP contribution in [0.15, 0.2) is 47.7 Å². The van der Waals surface area contributed by atoms with Crippen molar-refractivity contribution >= 4 is 28.1 Å². The van der Waals surface area contributed by atoms with Gasteiger partial charge in [-0.3, -0.25) is 4.99 Å². The molecule has 5 rings (SSSR count). The Balaban J connectivity index is 1.45. The Labute approximate surface area is 154 Å². The number of aromatic nitrogens is 2. The topological polar surface area (TPSA) is 53.4 Å². The molecular weight excluding hydrogens is 348 g/mol. The number of fused-ring (bicyclic) bond motifs is 2. The molecule has 0 amide bonds. The number of nitrogens with zero attached hydrogens (tertiary/aromatic N) is 4. The molecule has 2 aliphatic heterocycles. The van der Waals surface area contributed by atoms with Crippen molar-refractivity contribution in [1.29, 1.82) is 0 Å². The summed E-state index contributed by atoms with van der Waals surface area (Å²) >= 11 is 0. The van der Waals surface area contributed by atoms with Gasteiger partial charge in [0.15, 0.2) is 5.84 Å². The number of aliphatic imine (C=N–C) groups is 1. The largest absolute Gasteiger partial charge is 0.353 e. The fourth-order valence-electron chi connectivity index (χ4n) is 3.69. The van der Waals surface area contributed by atoms with Gasteiger partial charge < -0.3 is 10.2 Å². The van der Waals surface area contributed by atoms with E-state index in [1.807, 2.05) is 29.2 Å². The van der Waals surface area contributed by atoms with Crippen molar-refractivity contribution in [3.63, 3.8) is 0 Å². The lowest BCUT2D eigenvalue weighted by molar-refractivity contribution is 0.364. The maximum absolute atomic E-state index is 13.6. The van der Waals surface area contributed by atoms with Crippen LogP contribution in [0.2, 0.25) is 0 Å². The smallest absolute Gasteiger partial charge is 0.152 e. The van der Waals surface area contributed by atoms with Gasteiger partial charge >= 0.3 is 0 Å². The molecule has 0 aliphatic carbocycles. The van der Waals surface area contributed by atoms with Crippen LogP contribution in [0.3, 0.4) is 0 Å². The Morgan fingerprint density at radius 1 is 1.15 bits per heavy atom. The highest BCUT2D eigenvalue weighted by molar-refractivity contribution is 6.10. The Morgan fingerprint density at radius 3 is 2.93 bits per heavy atom. The second-order valence-corrected chi connectivity index (χ2v) is 6.85. The molecule has 0 unspecified atom stereocenters. The van der Waals surface area contributed by atoms with Gasteiger partial charge in [0.25, 0.3) is 0 Å². The molecule has 136 valence electrons. The number of rotatable bonds is 2. The van der Waals surface area contributed by atoms with E-state index in [9.17, 15) is 8.78 Å². The van der Waals surface area contributed by atoms with Crippen LogP contribution in [0, 0.1) is 5.82 Å². The summed E-state index contributed by atoms with van der Waals surface area (Å²) < 4.78 is 26.9. The zero-order valence-corrected chi connectivity index (χ0v) is 14.5. The number of hydrogen-bond donors (Lipinski definition) is 1. The molecule has 1 N–H and O–H groups in total. The van der Waals surface area contributed by atoms with E-state index in [1.54, 1.807) is 6.20 Å². The predicted octanol–water partition coefficient (Wildman–Crippen LogP) is 3.69. The van der Waals surface area contributed by atoms with Gasteiger partial charge in [-0.1, -0.05) is 0 Å². The van der Waals surface area contributed by atoms with Gasteiger partial charge in [0.05, 0.1) is 19.3 Å². The van der Waals surface area contributed by atoms with Crippen LogP contribution in [0.4, 0.5) is 20.3 Å². The number of pyridine rings is 2. The second kappa shape index (κ2) is 6.26. The molecule has 1 fully saturated rings. The van der Waals surface area contributed by atoms with Gasteiger partial charge in [-0.25, -0.2) is 18.7 Å². The first-order chi connectivity index (χ1) is 13.2. The molecule has 5 nitrogen and oxygen atoms in total. The minimum absolute atomic E-state index is 0.353. The minimum atomic E-state index is -0.791. The number of amidine groups is 1. The zero-order chi connectivity index (χ0) is 18.4. The van der Waals surface area contributed by atoms with E-state index in [4.69, 9.17) is 0 Å². The molecule has 0 saturated carbocycles. The molecule has 1 atom stereocenters. The fourth-order valence-corrected chi connectivity index (χ4v) is 3.69. The van der Waals surface area contributed by atoms with Crippen LogP contribution in [0.25, 0.3) is 10.8 Å². The number of alkyl halides is 1. The molecule has 2 aromatic heterocycles. The summed E-state index contributed by atoms with van der Waals surface area (Å²) in [4.78, 5) is 15.0. The summed E-state index contributed by atoms with van der Waals surface area (Å²) in [6.07, 6.45) is 2.71. The zero-order valence-electron chi connectivity index (χ0n) is 14.5. The summed E-state index contributed by atoms with van der Waals surface area (Å²) in [7, 11) is 0. The number of halogens is 2. The third kappa shape index (κ3) is 2.89. The fraction of sp³-hybridized carbons (Fsp3) is 0.250. The van der Waals surface area contributed by atoms with Crippen molar-refractivity contribution in [3.05, 3.63) is 59.8 Å². The Kier molecular flexibility index (Phi) is 3.74. The lowest BCUT2D eigenvalue weighted by atomic mass is 10.1. The Hall–Kier alpha value is -3.09. The quantitative estimate of drug-likeness (QED) is 0.753. The molecule has 2 aliphatic rings. The van der Waals surface area contributed by atoms with Crippen LogP contribution in [-0.2, 0) is 6.54 Å². The molecule has 1 saturated heterocycles. The van der Waals surface area contributed by atoms with Crippen LogP contribution >= 0.6 is 0 Å². The Bertz CT molecular complexity index is 1070. The highest BCUT2D eigenvalue weighted by Crippen LogP contribution is 2.30. The molecule has 27 heavy (non-hydrogen) atoms. The molecule has 3 aromatic rings. The second-order valence-electron chi connectivity index (χ2n) is 6.85. The maximum atomic E-state index is 13.6. The first-order valence-electron chi connectivity index (χ1n) is 8.91. The lowest BCUT2D eigenvalue weighted by Gasteiger charge is -2.18. The van der Waals surface area contributed by atoms with E-state index in [-0.39, 0.29) is 5.82 Å². The highest BCUT2D eigenvalue weighted by atomic mass is 19.1. The molecule has 0 bridgehead atoms. The molecule has 1 aromatic carbocycles. The van der Waals surface area contributed by atoms with Crippen molar-refractivity contribution in [1.82, 2.24) is 9.97 Å². The first kappa shape index (κ1) is 16.1. The standard InChI is InChI=1S/C20H17F2N5/c21-14-4-6-27(11-14)20-17-2-1-16(8-12(17)3-5-23-20)26-19-18-13(9-25-19)7-15(22)10-24-18/h1-3,5,7-8,10,14H,4,6,9,11H2,(H,25,26)/t14-/m1/s1. The van der Waals surface area contributed by atoms with Crippen molar-refractivity contribution < 1.29 is 8.78 Å². The maximum Gasteiger partial charge on any atom is 0.152 e. The van der Waals surface area contributed by atoms with Crippen LogP contribution in [0.1, 0.15) is 17.7 Å². The van der Waals surface area contributed by atoms with E-state index in [1.165, 1.54) is 12.3 Å². The van der Waals surface area contributed by atoms with Crippen LogP contribution in [-0.4, -0.2) is 35.1 Å². The molecular formula is C20H17F2N5. The highest BCUT2D eigenvalue weighted by Gasteiger charge is 2.24. The van der Waals surface area contributed by atoms with Crippen LogP contribution < -0.4 is 10.2 Å². The van der Waals surface area contributed by atoms with Crippen molar-refractivity contribution in [3.8, 4) is 0 Å². The predicted molar refractivity (Wildman–Crippen MR) is 102 cm³/mol. The average molecular weight is 365 g/mol. The first-order valence-corrected chi connectivity index (χ1v) is 8.91. The van der Waals surface area contributed by atoms with Gasteiger partial charge in [0, 0.05) is 29.4 Å². The summed E-state index contributed by atoms with van der Waals surface area (Å²) in [5.74, 6) is 1.10. The van der Waals surface area contributed by atoms with Gasteiger partial charge in [-0.2, -0.15) is 0 Å². The van der Waals surface area contributed by atoms with Crippen molar-refractivity contribution in [2.75, 3.05) is 23.3 Å². The summed E-state index contributed by atoms with van der Waals surface area (Å²) in [6.45, 7) is 1.49. The van der Waals surface area contributed by atoms with Crippen LogP contribution in [0.5, 0.6) is 0 Å². The van der Waals surface area contributed by atoms with Gasteiger partial charge in [0.2, 0.25) is 0 Å². The van der Waals surface area contributed by atoms with Gasteiger partial charge in [0.1, 0.15) is 23.5 Å². The minimum Gasteiger partial charge on any atom is -0.353 e. The summed E-state index contributed by atoms with van der Waals surface area (Å²) in [5, 5.41) is 5.28. The number of benzene rings is 1. The van der Waals surface area contributed by atoms with E-state index in [0.29, 0.717) is 37.6 Å². The number of nitrogens with one attached hydrogen (secondary N) is 1. The molecule has 0 spiro atoms. The van der Waals surface area contributed by atoms with Crippen molar-refractivity contribution in [2.24, 2.45) is 4.99 Å². The molecule has 7 heteroatoms. The summed E-state index contributed by atoms with van der Waals surface area (Å²) in [5.41, 5.74) is 2.32. The third-order valence-electron chi connectivity index (χ3n) is 5.00. The number of anilines is 2. The lowest BCUT2D eigenvalue weighted by Crippen LogP contribution is -2.21. The SMILES string of the molecule is Fc1cnc2c(c1)CN=C2Nc1ccc2c(N3CC[C@@H](F)C3)nccc2c1. The normalized spacial score (nSPS) is 18.7. The molecule has 4 heterocycles. The summed E-state index contributed by atoms with van der Waals surface area (Å²) in [6, 6.07) is 9.34. The van der Waals surface area contributed by atoms with E-state index >= 15 is 0 Å². The Morgan fingerprint density at radius 2 is 2.07 bits per heavy atom. The van der Waals surface area contributed by atoms with E-state index in [2.05, 4.69) is 20.3 Å². The third-order valence-corrected chi connectivity index (χ3v) is 5.00. The number of hydrogen-bond acceptors (Lipinski definition) is 5. The average Bonchev–Trinajstić information content (AvgIpc) is 3.27. The monoisotopic (exact) mass is 365 g/mol. The molecule has 0 radical (unpaired) electrons. The van der Waals surface area contributed by atoms with Gasteiger partial charge in [-0.15, -0.1) is 0 Å². The van der Waals surface area contributed by atoms with Crippen molar-refractivity contribution in [2.45, 2.75) is 19.1 Å². The van der Waals surface area contributed by atoms with E-state index in [0.717, 1.165) is 27.8 Å².